The van der Waals surface area contributed by atoms with Crippen molar-refractivity contribution < 1.29 is 18.3 Å². The quantitative estimate of drug-likeness (QED) is 0.877. The molecule has 7 heteroatoms. The van der Waals surface area contributed by atoms with E-state index in [9.17, 15) is 13.6 Å². The van der Waals surface area contributed by atoms with E-state index in [1.165, 1.54) is 0 Å². The van der Waals surface area contributed by atoms with E-state index in [0.29, 0.717) is 12.7 Å². The van der Waals surface area contributed by atoms with E-state index in [1.807, 2.05) is 6.92 Å². The predicted octanol–water partition coefficient (Wildman–Crippen LogP) is 2.57. The summed E-state index contributed by atoms with van der Waals surface area (Å²) >= 11 is 5.76. The molecule has 1 heterocycles. The fourth-order valence-corrected chi connectivity index (χ4v) is 2.46. The fraction of sp³-hybridized carbons (Fsp3) is 0.500. The van der Waals surface area contributed by atoms with Gasteiger partial charge in [-0.2, -0.15) is 0 Å². The van der Waals surface area contributed by atoms with Crippen molar-refractivity contribution in [2.45, 2.75) is 19.4 Å². The van der Waals surface area contributed by atoms with Crippen LogP contribution in [0.15, 0.2) is 12.1 Å². The maximum Gasteiger partial charge on any atom is 0.231 e. The predicted molar refractivity (Wildman–Crippen MR) is 76.4 cm³/mol. The van der Waals surface area contributed by atoms with Gasteiger partial charge in [0.15, 0.2) is 5.82 Å². The molecule has 0 aliphatic carbocycles. The van der Waals surface area contributed by atoms with E-state index < -0.39 is 23.5 Å². The lowest BCUT2D eigenvalue weighted by atomic mass is 10.0. The van der Waals surface area contributed by atoms with E-state index in [-0.39, 0.29) is 23.4 Å². The first-order valence-electron chi connectivity index (χ1n) is 6.79. The van der Waals surface area contributed by atoms with Gasteiger partial charge in [-0.25, -0.2) is 8.78 Å². The van der Waals surface area contributed by atoms with Crippen LogP contribution in [-0.4, -0.2) is 31.7 Å². The highest BCUT2D eigenvalue weighted by Crippen LogP contribution is 2.27. The monoisotopic (exact) mass is 318 g/mol. The average Bonchev–Trinajstić information content (AvgIpc) is 2.88. The normalized spacial score (nSPS) is 21.5. The van der Waals surface area contributed by atoms with Gasteiger partial charge in [0.05, 0.1) is 29.8 Å². The van der Waals surface area contributed by atoms with Crippen LogP contribution < -0.4 is 10.6 Å². The second kappa shape index (κ2) is 7.15. The minimum atomic E-state index is -0.898. The van der Waals surface area contributed by atoms with Gasteiger partial charge in [-0.3, -0.25) is 4.79 Å². The van der Waals surface area contributed by atoms with Crippen LogP contribution in [0.5, 0.6) is 0 Å². The molecule has 1 aliphatic heterocycles. The van der Waals surface area contributed by atoms with Crippen molar-refractivity contribution in [1.82, 2.24) is 5.32 Å². The van der Waals surface area contributed by atoms with Crippen molar-refractivity contribution in [3.63, 3.8) is 0 Å². The van der Waals surface area contributed by atoms with Gasteiger partial charge in [0.2, 0.25) is 5.91 Å². The molecule has 0 saturated carbocycles. The summed E-state index contributed by atoms with van der Waals surface area (Å²) < 4.78 is 31.9. The molecule has 1 fully saturated rings. The lowest BCUT2D eigenvalue weighted by molar-refractivity contribution is -0.120. The van der Waals surface area contributed by atoms with Gasteiger partial charge in [0.1, 0.15) is 5.82 Å². The molecule has 0 radical (unpaired) electrons. The molecule has 21 heavy (non-hydrogen) atoms. The molecule has 1 amide bonds. The first-order valence-corrected chi connectivity index (χ1v) is 7.17. The Labute approximate surface area is 126 Å². The van der Waals surface area contributed by atoms with E-state index in [2.05, 4.69) is 10.6 Å². The summed E-state index contributed by atoms with van der Waals surface area (Å²) in [7, 11) is 0. The summed E-state index contributed by atoms with van der Waals surface area (Å²) in [5.74, 6) is -2.52. The Balaban J connectivity index is 2.07. The Morgan fingerprint density at radius 1 is 1.43 bits per heavy atom. The number of carbonyl (C=O) groups is 1. The fourth-order valence-electron chi connectivity index (χ4n) is 2.22. The highest BCUT2D eigenvalue weighted by Gasteiger charge is 2.34. The van der Waals surface area contributed by atoms with Gasteiger partial charge < -0.3 is 15.4 Å². The van der Waals surface area contributed by atoms with Crippen LogP contribution in [0.2, 0.25) is 5.02 Å². The molecule has 0 bridgehead atoms. The zero-order valence-corrected chi connectivity index (χ0v) is 12.3. The standard InChI is InChI=1S/C14H17ClF2N2O2/c1-2-3-18-12-7-21-6-9(12)14(20)19-13-10(15)4-8(16)5-11(13)17/h4-5,9,12,18H,2-3,6-7H2,1H3,(H,19,20). The number of amides is 1. The van der Waals surface area contributed by atoms with Gasteiger partial charge in [-0.15, -0.1) is 0 Å². The summed E-state index contributed by atoms with van der Waals surface area (Å²) in [6.45, 7) is 3.47. The molecule has 2 unspecified atom stereocenters. The first kappa shape index (κ1) is 16.1. The van der Waals surface area contributed by atoms with Crippen LogP contribution in [0.1, 0.15) is 13.3 Å². The molecule has 2 atom stereocenters. The van der Waals surface area contributed by atoms with E-state index in [4.69, 9.17) is 16.3 Å². The van der Waals surface area contributed by atoms with E-state index in [1.54, 1.807) is 0 Å². The van der Waals surface area contributed by atoms with Gasteiger partial charge in [0.25, 0.3) is 0 Å². The molecule has 1 aromatic rings. The highest BCUT2D eigenvalue weighted by atomic mass is 35.5. The molecule has 1 saturated heterocycles. The van der Waals surface area contributed by atoms with Gasteiger partial charge in [-0.1, -0.05) is 18.5 Å². The number of halogens is 3. The summed E-state index contributed by atoms with van der Waals surface area (Å²) in [5, 5.41) is 5.47. The number of nitrogens with one attached hydrogen (secondary N) is 2. The molecule has 0 aromatic heterocycles. The Morgan fingerprint density at radius 3 is 2.86 bits per heavy atom. The zero-order chi connectivity index (χ0) is 15.4. The number of hydrogen-bond acceptors (Lipinski definition) is 3. The molecule has 2 rings (SSSR count). The van der Waals surface area contributed by atoms with Crippen LogP contribution in [0.4, 0.5) is 14.5 Å². The molecular formula is C14H17ClF2N2O2. The molecule has 4 nitrogen and oxygen atoms in total. The smallest absolute Gasteiger partial charge is 0.231 e. The number of anilines is 1. The van der Waals surface area contributed by atoms with Crippen LogP contribution in [-0.2, 0) is 9.53 Å². The zero-order valence-electron chi connectivity index (χ0n) is 11.6. The van der Waals surface area contributed by atoms with Crippen LogP contribution in [0.3, 0.4) is 0 Å². The van der Waals surface area contributed by atoms with Crippen molar-refractivity contribution in [2.75, 3.05) is 25.1 Å². The van der Waals surface area contributed by atoms with Crippen molar-refractivity contribution >= 4 is 23.2 Å². The number of rotatable bonds is 5. The van der Waals surface area contributed by atoms with Crippen molar-refractivity contribution in [2.24, 2.45) is 5.92 Å². The number of ether oxygens (including phenoxy) is 1. The molecule has 116 valence electrons. The molecule has 2 N–H and O–H groups in total. The van der Waals surface area contributed by atoms with Gasteiger partial charge in [-0.05, 0) is 19.0 Å². The van der Waals surface area contributed by atoms with E-state index >= 15 is 0 Å². The summed E-state index contributed by atoms with van der Waals surface area (Å²) in [6.07, 6.45) is 0.934. The third kappa shape index (κ3) is 3.90. The minimum absolute atomic E-state index is 0.118. The van der Waals surface area contributed by atoms with Crippen molar-refractivity contribution in [1.29, 1.82) is 0 Å². The second-order valence-electron chi connectivity index (χ2n) is 4.94. The number of hydrogen-bond donors (Lipinski definition) is 2. The number of carbonyl (C=O) groups excluding carboxylic acids is 1. The lowest BCUT2D eigenvalue weighted by Gasteiger charge is -2.19. The third-order valence-electron chi connectivity index (χ3n) is 3.33. The summed E-state index contributed by atoms with van der Waals surface area (Å²) in [4.78, 5) is 12.2. The largest absolute Gasteiger partial charge is 0.379 e. The summed E-state index contributed by atoms with van der Waals surface area (Å²) in [5.41, 5.74) is -0.204. The van der Waals surface area contributed by atoms with Crippen LogP contribution >= 0.6 is 11.6 Å². The Kier molecular flexibility index (Phi) is 5.50. The Bertz CT molecular complexity index is 505. The Morgan fingerprint density at radius 2 is 2.19 bits per heavy atom. The lowest BCUT2D eigenvalue weighted by Crippen LogP contribution is -2.41. The summed E-state index contributed by atoms with van der Waals surface area (Å²) in [6, 6.07) is 1.52. The van der Waals surface area contributed by atoms with Gasteiger partial charge in [0, 0.05) is 12.1 Å². The van der Waals surface area contributed by atoms with Crippen molar-refractivity contribution in [3.8, 4) is 0 Å². The average molecular weight is 319 g/mol. The SMILES string of the molecule is CCCNC1COCC1C(=O)Nc1c(F)cc(F)cc1Cl. The highest BCUT2D eigenvalue weighted by molar-refractivity contribution is 6.33. The number of benzene rings is 1. The van der Waals surface area contributed by atoms with Gasteiger partial charge >= 0.3 is 0 Å². The van der Waals surface area contributed by atoms with E-state index in [0.717, 1.165) is 19.0 Å². The molecule has 1 aliphatic rings. The second-order valence-corrected chi connectivity index (χ2v) is 5.35. The molecule has 0 spiro atoms. The van der Waals surface area contributed by atoms with Crippen molar-refractivity contribution in [3.05, 3.63) is 28.8 Å². The van der Waals surface area contributed by atoms with Crippen LogP contribution in [0, 0.1) is 17.6 Å². The first-order chi connectivity index (χ1) is 10.0. The maximum absolute atomic E-state index is 13.7. The molecular weight excluding hydrogens is 302 g/mol. The Hall–Kier alpha value is -1.24. The topological polar surface area (TPSA) is 50.4 Å². The minimum Gasteiger partial charge on any atom is -0.379 e. The maximum atomic E-state index is 13.7. The van der Waals surface area contributed by atoms with Crippen LogP contribution in [0.25, 0.3) is 0 Å². The third-order valence-corrected chi connectivity index (χ3v) is 3.63. The molecule has 1 aromatic carbocycles.